The first-order valence-corrected chi connectivity index (χ1v) is 10.2. The Morgan fingerprint density at radius 2 is 1.72 bits per heavy atom. The zero-order chi connectivity index (χ0) is 22.7. The third kappa shape index (κ3) is 4.09. The number of methoxy groups -OCH3 is 1. The highest BCUT2D eigenvalue weighted by atomic mass is 19.1. The van der Waals surface area contributed by atoms with Crippen LogP contribution in [0.2, 0.25) is 0 Å². The molecule has 4 rings (SSSR count). The molecule has 0 N–H and O–H groups in total. The van der Waals surface area contributed by atoms with Crippen molar-refractivity contribution in [1.29, 1.82) is 0 Å². The molecule has 166 valence electrons. The second-order valence-electron chi connectivity index (χ2n) is 7.32. The minimum atomic E-state index is -0.582. The van der Waals surface area contributed by atoms with E-state index in [1.807, 2.05) is 0 Å². The van der Waals surface area contributed by atoms with Crippen LogP contribution in [0.4, 0.5) is 4.39 Å². The van der Waals surface area contributed by atoms with Crippen LogP contribution < -0.4 is 5.56 Å². The van der Waals surface area contributed by atoms with E-state index in [0.29, 0.717) is 11.2 Å². The van der Waals surface area contributed by atoms with Crippen molar-refractivity contribution in [1.82, 2.24) is 24.3 Å². The van der Waals surface area contributed by atoms with Crippen LogP contribution in [0.3, 0.4) is 0 Å². The van der Waals surface area contributed by atoms with Gasteiger partial charge in [-0.25, -0.2) is 14.4 Å². The smallest absolute Gasteiger partial charge is 0.283 e. The molecule has 0 saturated carbocycles. The van der Waals surface area contributed by atoms with Crippen LogP contribution >= 0.6 is 0 Å². The first-order valence-electron chi connectivity index (χ1n) is 10.2. The molecule has 2 amide bonds. The summed E-state index contributed by atoms with van der Waals surface area (Å²) in [4.78, 5) is 50.2. The van der Waals surface area contributed by atoms with Gasteiger partial charge in [-0.2, -0.15) is 0 Å². The van der Waals surface area contributed by atoms with E-state index in [1.165, 1.54) is 39.7 Å². The highest BCUT2D eigenvalue weighted by molar-refractivity contribution is 5.96. The molecule has 0 spiro atoms. The summed E-state index contributed by atoms with van der Waals surface area (Å²) in [6.07, 6.45) is 1.56. The Morgan fingerprint density at radius 3 is 2.41 bits per heavy atom. The fourth-order valence-electron chi connectivity index (χ4n) is 3.67. The van der Waals surface area contributed by atoms with Crippen molar-refractivity contribution >= 4 is 23.0 Å². The lowest BCUT2D eigenvalue weighted by Crippen LogP contribution is -2.51. The molecular formula is C22H22FN5O4. The lowest BCUT2D eigenvalue weighted by atomic mass is 10.1. The summed E-state index contributed by atoms with van der Waals surface area (Å²) in [5.41, 5.74) is 0.0712. The van der Waals surface area contributed by atoms with Crippen LogP contribution in [-0.2, 0) is 11.3 Å². The SMILES string of the molecule is COCCn1c(=O)c(C(=O)N2CCN(C(=O)c3ccccc3F)CC2)nc2cccnc21. The molecule has 10 heteroatoms. The lowest BCUT2D eigenvalue weighted by Gasteiger charge is -2.34. The molecular weight excluding hydrogens is 417 g/mol. The summed E-state index contributed by atoms with van der Waals surface area (Å²) >= 11 is 0. The maximum Gasteiger partial charge on any atom is 0.283 e. The molecule has 0 unspecified atom stereocenters. The summed E-state index contributed by atoms with van der Waals surface area (Å²) in [6, 6.07) is 9.17. The number of benzene rings is 1. The van der Waals surface area contributed by atoms with Gasteiger partial charge in [-0.1, -0.05) is 12.1 Å². The minimum absolute atomic E-state index is 0.00278. The van der Waals surface area contributed by atoms with Crippen LogP contribution in [-0.4, -0.2) is 76.0 Å². The zero-order valence-electron chi connectivity index (χ0n) is 17.5. The average Bonchev–Trinajstić information content (AvgIpc) is 2.83. The monoisotopic (exact) mass is 439 g/mol. The number of pyridine rings is 1. The van der Waals surface area contributed by atoms with Gasteiger partial charge < -0.3 is 14.5 Å². The number of ether oxygens (including phenoxy) is 1. The van der Waals surface area contributed by atoms with Crippen LogP contribution in [0, 0.1) is 5.82 Å². The molecule has 0 radical (unpaired) electrons. The van der Waals surface area contributed by atoms with E-state index in [1.54, 1.807) is 24.4 Å². The highest BCUT2D eigenvalue weighted by Crippen LogP contribution is 2.14. The molecule has 1 aromatic carbocycles. The van der Waals surface area contributed by atoms with Crippen molar-refractivity contribution in [2.75, 3.05) is 39.9 Å². The fraction of sp³-hybridized carbons (Fsp3) is 0.318. The first-order chi connectivity index (χ1) is 15.5. The first kappa shape index (κ1) is 21.6. The number of hydrogen-bond donors (Lipinski definition) is 0. The molecule has 1 saturated heterocycles. The van der Waals surface area contributed by atoms with Gasteiger partial charge in [0.25, 0.3) is 17.4 Å². The van der Waals surface area contributed by atoms with Crippen LogP contribution in [0.15, 0.2) is 47.4 Å². The van der Waals surface area contributed by atoms with Crippen LogP contribution in [0.1, 0.15) is 20.8 Å². The molecule has 1 fully saturated rings. The third-order valence-electron chi connectivity index (χ3n) is 5.38. The molecule has 3 aromatic rings. The van der Waals surface area contributed by atoms with E-state index < -0.39 is 23.2 Å². The maximum absolute atomic E-state index is 13.9. The number of carbonyl (C=O) groups is 2. The van der Waals surface area contributed by atoms with Crippen molar-refractivity contribution in [3.05, 3.63) is 70.0 Å². The van der Waals surface area contributed by atoms with Gasteiger partial charge in [-0.15, -0.1) is 0 Å². The predicted molar refractivity (Wildman–Crippen MR) is 114 cm³/mol. The van der Waals surface area contributed by atoms with E-state index in [4.69, 9.17) is 4.74 Å². The van der Waals surface area contributed by atoms with E-state index in [-0.39, 0.29) is 50.6 Å². The van der Waals surface area contributed by atoms with Gasteiger partial charge >= 0.3 is 0 Å². The number of aromatic nitrogens is 3. The van der Waals surface area contributed by atoms with Gasteiger partial charge in [0, 0.05) is 39.5 Å². The van der Waals surface area contributed by atoms with Gasteiger partial charge in [0.15, 0.2) is 11.3 Å². The van der Waals surface area contributed by atoms with Crippen molar-refractivity contribution in [2.45, 2.75) is 6.54 Å². The maximum atomic E-state index is 13.9. The Labute approximate surface area is 183 Å². The highest BCUT2D eigenvalue weighted by Gasteiger charge is 2.29. The Bertz CT molecular complexity index is 1220. The predicted octanol–water partition coefficient (Wildman–Crippen LogP) is 1.18. The number of carbonyl (C=O) groups excluding carboxylic acids is 2. The van der Waals surface area contributed by atoms with Crippen molar-refractivity contribution in [3.8, 4) is 0 Å². The number of hydrogen-bond acceptors (Lipinski definition) is 6. The molecule has 1 aliphatic heterocycles. The van der Waals surface area contributed by atoms with Gasteiger partial charge in [-0.05, 0) is 24.3 Å². The number of halogens is 1. The summed E-state index contributed by atoms with van der Waals surface area (Å²) in [7, 11) is 1.52. The van der Waals surface area contributed by atoms with E-state index in [0.717, 1.165) is 0 Å². The molecule has 2 aromatic heterocycles. The minimum Gasteiger partial charge on any atom is -0.383 e. The standard InChI is InChI=1S/C22H22FN5O4/c1-32-14-13-28-19-17(7-4-8-24-19)25-18(22(28)31)21(30)27-11-9-26(10-12-27)20(29)15-5-2-3-6-16(15)23/h2-8H,9-14H2,1H3. The second-order valence-corrected chi connectivity index (χ2v) is 7.32. The Balaban J connectivity index is 1.54. The number of nitrogens with zero attached hydrogens (tertiary/aromatic N) is 5. The zero-order valence-corrected chi connectivity index (χ0v) is 17.5. The molecule has 32 heavy (non-hydrogen) atoms. The van der Waals surface area contributed by atoms with Gasteiger partial charge in [0.2, 0.25) is 0 Å². The Hall–Kier alpha value is -3.66. The average molecular weight is 439 g/mol. The second kappa shape index (κ2) is 9.23. The van der Waals surface area contributed by atoms with Crippen LogP contribution in [0.25, 0.3) is 11.2 Å². The molecule has 3 heterocycles. The molecule has 0 aliphatic carbocycles. The molecule has 0 bridgehead atoms. The summed E-state index contributed by atoms with van der Waals surface area (Å²) in [5.74, 6) is -1.52. The normalized spacial score (nSPS) is 14.1. The molecule has 0 atom stereocenters. The van der Waals surface area contributed by atoms with E-state index >= 15 is 0 Å². The summed E-state index contributed by atoms with van der Waals surface area (Å²) < 4.78 is 20.4. The molecule has 1 aliphatic rings. The summed E-state index contributed by atoms with van der Waals surface area (Å²) in [6.45, 7) is 1.39. The topological polar surface area (TPSA) is 97.6 Å². The van der Waals surface area contributed by atoms with E-state index in [9.17, 15) is 18.8 Å². The van der Waals surface area contributed by atoms with Crippen LogP contribution in [0.5, 0.6) is 0 Å². The van der Waals surface area contributed by atoms with Gasteiger partial charge in [0.05, 0.1) is 18.7 Å². The quantitative estimate of drug-likeness (QED) is 0.592. The number of fused-ring (bicyclic) bond motifs is 1. The third-order valence-corrected chi connectivity index (χ3v) is 5.38. The summed E-state index contributed by atoms with van der Waals surface area (Å²) in [5, 5.41) is 0. The largest absolute Gasteiger partial charge is 0.383 e. The number of rotatable bonds is 5. The van der Waals surface area contributed by atoms with Crippen molar-refractivity contribution in [3.63, 3.8) is 0 Å². The Kier molecular flexibility index (Phi) is 6.22. The van der Waals surface area contributed by atoms with Gasteiger partial charge in [0.1, 0.15) is 11.3 Å². The van der Waals surface area contributed by atoms with Gasteiger partial charge in [-0.3, -0.25) is 19.0 Å². The number of amides is 2. The van der Waals surface area contributed by atoms with Crippen molar-refractivity contribution in [2.24, 2.45) is 0 Å². The Morgan fingerprint density at radius 1 is 1.03 bits per heavy atom. The lowest BCUT2D eigenvalue weighted by molar-refractivity contribution is 0.0528. The van der Waals surface area contributed by atoms with E-state index in [2.05, 4.69) is 9.97 Å². The van der Waals surface area contributed by atoms with Crippen molar-refractivity contribution < 1.29 is 18.7 Å². The fourth-order valence-corrected chi connectivity index (χ4v) is 3.67. The number of piperazine rings is 1. The molecule has 9 nitrogen and oxygen atoms in total.